The van der Waals surface area contributed by atoms with E-state index in [4.69, 9.17) is 9.47 Å². The van der Waals surface area contributed by atoms with Gasteiger partial charge in [0.05, 0.1) is 14.2 Å². The molecule has 2 radical (unpaired) electrons. The number of nitrogens with zero attached hydrogens (tertiary/aromatic N) is 2. The number of esters is 2. The lowest BCUT2D eigenvalue weighted by molar-refractivity contribution is -0.136. The zero-order chi connectivity index (χ0) is 30.4. The predicted molar refractivity (Wildman–Crippen MR) is 167 cm³/mol. The van der Waals surface area contributed by atoms with Crippen molar-refractivity contribution in [3.05, 3.63) is 89.1 Å². The standard InChI is InChI=1S/C35H46N2O4/c1-22(2)27-13-11-14-28(23(3)4)33(27)36-19-20-37(34-29(24(5)6)15-12-16-30(34)25(7)8)31(36)21-26(35(39)41-10)17-18-32(38)40-9/h11-17,19-20,22-25,31H,21H2,1-10H3/b26-17+. The SMILES string of the molecule is COC(=O)[C]/C=C(\CC1N(c2c(C(C)C)cccc2C(C)C)C=CN1c1c(C(C)C)cccc1C(C)C)C(=O)OC. The van der Waals surface area contributed by atoms with Crippen LogP contribution in [0.1, 0.15) is 108 Å². The molecule has 0 atom stereocenters. The molecule has 2 aromatic rings. The van der Waals surface area contributed by atoms with E-state index in [1.807, 2.05) is 0 Å². The summed E-state index contributed by atoms with van der Waals surface area (Å²) < 4.78 is 9.91. The summed E-state index contributed by atoms with van der Waals surface area (Å²) in [6, 6.07) is 13.0. The smallest absolute Gasteiger partial charge is 0.333 e. The summed E-state index contributed by atoms with van der Waals surface area (Å²) in [5.41, 5.74) is 7.60. The molecule has 0 bridgehead atoms. The summed E-state index contributed by atoms with van der Waals surface area (Å²) >= 11 is 0. The van der Waals surface area contributed by atoms with Gasteiger partial charge in [-0.3, -0.25) is 4.79 Å². The van der Waals surface area contributed by atoms with E-state index in [0.29, 0.717) is 5.57 Å². The van der Waals surface area contributed by atoms with Crippen LogP contribution in [0.4, 0.5) is 11.4 Å². The molecule has 0 fully saturated rings. The Balaban J connectivity index is 2.30. The summed E-state index contributed by atoms with van der Waals surface area (Å²) in [6.07, 6.45) is 8.22. The number of anilines is 2. The molecule has 0 spiro atoms. The second-order valence-electron chi connectivity index (χ2n) is 11.8. The summed E-state index contributed by atoms with van der Waals surface area (Å²) in [5, 5.41) is 0. The third-order valence-electron chi connectivity index (χ3n) is 7.63. The van der Waals surface area contributed by atoms with E-state index in [1.165, 1.54) is 42.5 Å². The third-order valence-corrected chi connectivity index (χ3v) is 7.63. The van der Waals surface area contributed by atoms with Crippen LogP contribution in [0.25, 0.3) is 0 Å². The van der Waals surface area contributed by atoms with Gasteiger partial charge in [0.25, 0.3) is 0 Å². The fraction of sp³-hybridized carbons (Fsp3) is 0.457. The van der Waals surface area contributed by atoms with Gasteiger partial charge in [0.1, 0.15) is 12.6 Å². The molecular weight excluding hydrogens is 512 g/mol. The lowest BCUT2D eigenvalue weighted by Crippen LogP contribution is -2.41. The minimum Gasteiger partial charge on any atom is -0.468 e. The van der Waals surface area contributed by atoms with Gasteiger partial charge in [-0.25, -0.2) is 4.79 Å². The molecule has 6 nitrogen and oxygen atoms in total. The predicted octanol–water partition coefficient (Wildman–Crippen LogP) is 8.05. The maximum absolute atomic E-state index is 13.0. The summed E-state index contributed by atoms with van der Waals surface area (Å²) in [5.74, 6) is 0.00478. The number of hydrogen-bond acceptors (Lipinski definition) is 6. The molecular formula is C35H46N2O4. The van der Waals surface area contributed by atoms with Crippen molar-refractivity contribution in [3.8, 4) is 0 Å². The van der Waals surface area contributed by atoms with E-state index in [-0.39, 0.29) is 36.3 Å². The highest BCUT2D eigenvalue weighted by molar-refractivity contribution is 5.92. The highest BCUT2D eigenvalue weighted by Gasteiger charge is 2.36. The minimum absolute atomic E-state index is 0.289. The zero-order valence-electron chi connectivity index (χ0n) is 26.3. The van der Waals surface area contributed by atoms with Crippen LogP contribution < -0.4 is 9.80 Å². The van der Waals surface area contributed by atoms with Crippen molar-refractivity contribution in [1.82, 2.24) is 0 Å². The number of rotatable bonds is 11. The highest BCUT2D eigenvalue weighted by Crippen LogP contribution is 2.44. The molecule has 41 heavy (non-hydrogen) atoms. The molecule has 1 aliphatic rings. The Labute approximate surface area is 247 Å². The van der Waals surface area contributed by atoms with Gasteiger partial charge in [-0.1, -0.05) is 97.9 Å². The van der Waals surface area contributed by atoms with Gasteiger partial charge < -0.3 is 19.3 Å². The fourth-order valence-corrected chi connectivity index (χ4v) is 5.47. The van der Waals surface area contributed by atoms with E-state index >= 15 is 0 Å². The van der Waals surface area contributed by atoms with Crippen molar-refractivity contribution in [3.63, 3.8) is 0 Å². The maximum Gasteiger partial charge on any atom is 0.333 e. The van der Waals surface area contributed by atoms with Gasteiger partial charge in [0.15, 0.2) is 0 Å². The van der Waals surface area contributed by atoms with E-state index < -0.39 is 11.9 Å². The van der Waals surface area contributed by atoms with Gasteiger partial charge >= 0.3 is 11.9 Å². The van der Waals surface area contributed by atoms with Gasteiger partial charge in [-0.05, 0) is 45.9 Å². The Morgan fingerprint density at radius 2 is 1.12 bits per heavy atom. The fourth-order valence-electron chi connectivity index (χ4n) is 5.47. The third kappa shape index (κ3) is 7.03. The lowest BCUT2D eigenvalue weighted by atomic mass is 9.90. The van der Waals surface area contributed by atoms with Crippen LogP contribution in [0.5, 0.6) is 0 Å². The number of carbonyl (C=O) groups excluding carboxylic acids is 2. The number of methoxy groups -OCH3 is 2. The van der Waals surface area contributed by atoms with Crippen LogP contribution in [0.15, 0.2) is 60.4 Å². The molecule has 6 heteroatoms. The second kappa shape index (κ2) is 13.9. The molecule has 0 N–H and O–H groups in total. The van der Waals surface area contributed by atoms with Crippen LogP contribution in [0.3, 0.4) is 0 Å². The van der Waals surface area contributed by atoms with Crippen molar-refractivity contribution < 1.29 is 19.1 Å². The van der Waals surface area contributed by atoms with Crippen LogP contribution in [-0.2, 0) is 19.1 Å². The van der Waals surface area contributed by atoms with Gasteiger partial charge in [-0.2, -0.15) is 0 Å². The van der Waals surface area contributed by atoms with Crippen molar-refractivity contribution in [2.45, 2.75) is 91.6 Å². The molecule has 0 saturated carbocycles. The molecule has 1 aliphatic heterocycles. The van der Waals surface area contributed by atoms with Crippen LogP contribution in [0.2, 0.25) is 0 Å². The Bertz CT molecular complexity index is 1160. The molecule has 0 amide bonds. The number of hydrogen-bond donors (Lipinski definition) is 0. The van der Waals surface area contributed by atoms with Crippen molar-refractivity contribution >= 4 is 23.3 Å². The summed E-state index contributed by atoms with van der Waals surface area (Å²) in [4.78, 5) is 29.6. The first-order valence-corrected chi connectivity index (χ1v) is 14.5. The molecule has 1 heterocycles. The topological polar surface area (TPSA) is 59.1 Å². The Morgan fingerprint density at radius 1 is 0.732 bits per heavy atom. The highest BCUT2D eigenvalue weighted by atomic mass is 16.5. The van der Waals surface area contributed by atoms with Crippen molar-refractivity contribution in [1.29, 1.82) is 0 Å². The minimum atomic E-state index is -0.649. The number of para-hydroxylation sites is 2. The van der Waals surface area contributed by atoms with Crippen molar-refractivity contribution in [2.75, 3.05) is 24.0 Å². The first-order valence-electron chi connectivity index (χ1n) is 14.5. The van der Waals surface area contributed by atoms with Crippen LogP contribution in [0, 0.1) is 6.42 Å². The number of ether oxygens (including phenoxy) is 2. The first kappa shape index (κ1) is 32.0. The average Bonchev–Trinajstić information content (AvgIpc) is 3.35. The molecule has 2 aromatic carbocycles. The summed E-state index contributed by atoms with van der Waals surface area (Å²) in [7, 11) is 2.64. The van der Waals surface area contributed by atoms with Crippen molar-refractivity contribution in [2.24, 2.45) is 0 Å². The zero-order valence-corrected chi connectivity index (χ0v) is 26.3. The molecule has 220 valence electrons. The molecule has 0 saturated heterocycles. The van der Waals surface area contributed by atoms with Gasteiger partial charge in [-0.15, -0.1) is 0 Å². The lowest BCUT2D eigenvalue weighted by Gasteiger charge is -2.38. The Kier molecular flexibility index (Phi) is 10.8. The largest absolute Gasteiger partial charge is 0.468 e. The quantitative estimate of drug-likeness (QED) is 0.205. The van der Waals surface area contributed by atoms with E-state index in [2.05, 4.69) is 120 Å². The number of benzene rings is 2. The molecule has 0 aromatic heterocycles. The average molecular weight is 559 g/mol. The normalized spacial score (nSPS) is 14.2. The van der Waals surface area contributed by atoms with Crippen LogP contribution in [-0.4, -0.2) is 32.3 Å². The van der Waals surface area contributed by atoms with Gasteiger partial charge in [0.2, 0.25) is 0 Å². The Hall–Kier alpha value is -3.54. The van der Waals surface area contributed by atoms with E-state index in [0.717, 1.165) is 11.4 Å². The first-order chi connectivity index (χ1) is 19.4. The monoisotopic (exact) mass is 558 g/mol. The van der Waals surface area contributed by atoms with E-state index in [9.17, 15) is 9.59 Å². The molecule has 0 aliphatic carbocycles. The second-order valence-corrected chi connectivity index (χ2v) is 11.8. The molecule has 0 unspecified atom stereocenters. The molecule has 3 rings (SSSR count). The summed E-state index contributed by atoms with van der Waals surface area (Å²) in [6.45, 7) is 17.7. The Morgan fingerprint density at radius 3 is 1.44 bits per heavy atom. The number of carbonyl (C=O) groups is 2. The van der Waals surface area contributed by atoms with Crippen LogP contribution >= 0.6 is 0 Å². The maximum atomic E-state index is 13.0. The van der Waals surface area contributed by atoms with E-state index in [1.54, 1.807) is 0 Å². The van der Waals surface area contributed by atoms with Gasteiger partial charge in [0, 0.05) is 35.8 Å².